The molecule has 0 saturated heterocycles. The molecule has 0 N–H and O–H groups in total. The van der Waals surface area contributed by atoms with Crippen LogP contribution in [-0.4, -0.2) is 30.8 Å². The van der Waals surface area contributed by atoms with Gasteiger partial charge < -0.3 is 4.74 Å². The Morgan fingerprint density at radius 3 is 1.92 bits per heavy atom. The Morgan fingerprint density at radius 2 is 1.29 bits per heavy atom. The van der Waals surface area contributed by atoms with Crippen molar-refractivity contribution in [2.75, 3.05) is 6.61 Å². The number of carbonyl (C=O) groups is 2. The van der Waals surface area contributed by atoms with Crippen LogP contribution in [0.1, 0.15) is 118 Å². The Balaban J connectivity index is 1.79. The van der Waals surface area contributed by atoms with Crippen LogP contribution in [0.4, 0.5) is 22.0 Å². The van der Waals surface area contributed by atoms with E-state index in [9.17, 15) is 22.8 Å². The van der Waals surface area contributed by atoms with Crippen LogP contribution in [0.15, 0.2) is 60.7 Å². The molecule has 3 aromatic carbocycles. The molecule has 0 saturated carbocycles. The smallest absolute Gasteiger partial charge is 0.425 e. The maximum Gasteiger partial charge on any atom is 0.425 e. The SMILES string of the molecule is CCCCCCCCCCOOC(=O)c1ccc(-c2ccccc2)c(-c2ccc(C(=O)OC(CCCCCC)C(F)(F)F)c(F)c2)c1F. The summed E-state index contributed by atoms with van der Waals surface area (Å²) < 4.78 is 76.9. The fourth-order valence-corrected chi connectivity index (χ4v) is 5.38. The van der Waals surface area contributed by atoms with Crippen molar-refractivity contribution < 1.29 is 46.1 Å². The summed E-state index contributed by atoms with van der Waals surface area (Å²) in [6, 6.07) is 14.3. The molecular weight excluding hydrogens is 631 g/mol. The van der Waals surface area contributed by atoms with E-state index in [1.807, 2.05) is 6.92 Å². The average molecular weight is 677 g/mol. The second-order valence-corrected chi connectivity index (χ2v) is 11.9. The number of hydrogen-bond acceptors (Lipinski definition) is 5. The molecule has 0 radical (unpaired) electrons. The largest absolute Gasteiger partial charge is 0.449 e. The van der Waals surface area contributed by atoms with Crippen molar-refractivity contribution in [3.8, 4) is 22.3 Å². The van der Waals surface area contributed by atoms with Crippen molar-refractivity contribution in [3.63, 3.8) is 0 Å². The minimum atomic E-state index is -4.82. The molecule has 0 spiro atoms. The highest BCUT2D eigenvalue weighted by atomic mass is 19.4. The number of unbranched alkanes of at least 4 members (excludes halogenated alkanes) is 10. The number of carbonyl (C=O) groups excluding carboxylic acids is 2. The van der Waals surface area contributed by atoms with Crippen LogP contribution in [0.25, 0.3) is 22.3 Å². The zero-order chi connectivity index (χ0) is 34.9. The summed E-state index contributed by atoms with van der Waals surface area (Å²) in [5, 5.41) is 0. The molecule has 5 nitrogen and oxygen atoms in total. The molecule has 10 heteroatoms. The first-order valence-electron chi connectivity index (χ1n) is 16.9. The number of alkyl halides is 3. The van der Waals surface area contributed by atoms with E-state index in [2.05, 4.69) is 6.92 Å². The standard InChI is InChI=1S/C38H45F5O5/c1-3-5-7-9-10-11-12-17-25-46-48-37(45)31-24-23-29(27-18-14-13-15-19-27)34(35(31)40)28-21-22-30(32(39)26-28)36(44)47-33(38(41,42)43)20-16-8-6-4-2/h13-15,18-19,21-24,26,33H,3-12,16-17,20,25H2,1-2H3. The molecule has 0 aliphatic heterocycles. The topological polar surface area (TPSA) is 61.8 Å². The molecule has 0 heterocycles. The molecule has 1 atom stereocenters. The predicted molar refractivity (Wildman–Crippen MR) is 175 cm³/mol. The van der Waals surface area contributed by atoms with E-state index in [4.69, 9.17) is 14.5 Å². The van der Waals surface area contributed by atoms with E-state index in [0.717, 1.165) is 44.2 Å². The van der Waals surface area contributed by atoms with Crippen molar-refractivity contribution in [1.29, 1.82) is 0 Å². The molecule has 262 valence electrons. The Kier molecular flexibility index (Phi) is 16.0. The Bertz CT molecular complexity index is 1440. The summed E-state index contributed by atoms with van der Waals surface area (Å²) in [7, 11) is 0. The quantitative estimate of drug-likeness (QED) is 0.0392. The van der Waals surface area contributed by atoms with Crippen LogP contribution in [0.5, 0.6) is 0 Å². The molecule has 0 aromatic heterocycles. The fourth-order valence-electron chi connectivity index (χ4n) is 5.38. The normalized spacial score (nSPS) is 12.1. The number of hydrogen-bond donors (Lipinski definition) is 0. The molecule has 48 heavy (non-hydrogen) atoms. The molecule has 0 bridgehead atoms. The maximum atomic E-state index is 16.1. The Morgan fingerprint density at radius 1 is 0.688 bits per heavy atom. The van der Waals surface area contributed by atoms with Gasteiger partial charge in [-0.05, 0) is 54.2 Å². The molecule has 3 rings (SSSR count). The van der Waals surface area contributed by atoms with Gasteiger partial charge in [0.1, 0.15) is 11.6 Å². The van der Waals surface area contributed by atoms with E-state index >= 15 is 8.78 Å². The summed E-state index contributed by atoms with van der Waals surface area (Å²) in [5.41, 5.74) is -0.544. The Hall–Kier alpha value is -3.79. The molecule has 0 fully saturated rings. The summed E-state index contributed by atoms with van der Waals surface area (Å²) in [4.78, 5) is 35.4. The van der Waals surface area contributed by atoms with Gasteiger partial charge in [0.05, 0.1) is 17.7 Å². The van der Waals surface area contributed by atoms with Gasteiger partial charge in [0.15, 0.2) is 6.10 Å². The minimum Gasteiger partial charge on any atom is -0.449 e. The highest BCUT2D eigenvalue weighted by molar-refractivity contribution is 5.96. The van der Waals surface area contributed by atoms with E-state index in [1.54, 1.807) is 30.3 Å². The minimum absolute atomic E-state index is 0.0538. The first kappa shape index (κ1) is 38.7. The van der Waals surface area contributed by atoms with Crippen molar-refractivity contribution in [3.05, 3.63) is 83.4 Å². The van der Waals surface area contributed by atoms with Gasteiger partial charge >= 0.3 is 18.1 Å². The van der Waals surface area contributed by atoms with Gasteiger partial charge in [-0.1, -0.05) is 121 Å². The van der Waals surface area contributed by atoms with Gasteiger partial charge in [0.2, 0.25) is 0 Å². The highest BCUT2D eigenvalue weighted by Crippen LogP contribution is 2.37. The molecule has 0 amide bonds. The maximum absolute atomic E-state index is 16.1. The summed E-state index contributed by atoms with van der Waals surface area (Å²) in [5.74, 6) is -4.78. The van der Waals surface area contributed by atoms with E-state index in [-0.39, 0.29) is 24.2 Å². The van der Waals surface area contributed by atoms with Gasteiger partial charge in [0, 0.05) is 5.56 Å². The molecule has 1 unspecified atom stereocenters. The molecule has 0 aliphatic rings. The van der Waals surface area contributed by atoms with Crippen LogP contribution in [0.3, 0.4) is 0 Å². The fraction of sp³-hybridized carbons (Fsp3) is 0.474. The van der Waals surface area contributed by atoms with Crippen LogP contribution < -0.4 is 0 Å². The zero-order valence-electron chi connectivity index (χ0n) is 27.7. The number of esters is 1. The zero-order valence-corrected chi connectivity index (χ0v) is 27.7. The van der Waals surface area contributed by atoms with Gasteiger partial charge in [-0.25, -0.2) is 18.4 Å². The van der Waals surface area contributed by atoms with Crippen LogP contribution >= 0.6 is 0 Å². The third-order valence-corrected chi connectivity index (χ3v) is 8.07. The average Bonchev–Trinajstić information content (AvgIpc) is 3.06. The monoisotopic (exact) mass is 676 g/mol. The van der Waals surface area contributed by atoms with Crippen molar-refractivity contribution in [2.24, 2.45) is 0 Å². The predicted octanol–water partition coefficient (Wildman–Crippen LogP) is 11.6. The van der Waals surface area contributed by atoms with Crippen LogP contribution in [0, 0.1) is 11.6 Å². The third-order valence-electron chi connectivity index (χ3n) is 8.07. The lowest BCUT2D eigenvalue weighted by molar-refractivity contribution is -0.241. The molecule has 3 aromatic rings. The van der Waals surface area contributed by atoms with Crippen molar-refractivity contribution in [2.45, 2.75) is 110 Å². The summed E-state index contributed by atoms with van der Waals surface area (Å²) in [6.45, 7) is 4.23. The number of ether oxygens (including phenoxy) is 1. The summed E-state index contributed by atoms with van der Waals surface area (Å²) in [6.07, 6.45) is 3.17. The Labute approximate surface area is 279 Å². The van der Waals surface area contributed by atoms with E-state index < -0.39 is 53.4 Å². The van der Waals surface area contributed by atoms with Crippen molar-refractivity contribution >= 4 is 11.9 Å². The van der Waals surface area contributed by atoms with Gasteiger partial charge in [0.25, 0.3) is 0 Å². The highest BCUT2D eigenvalue weighted by Gasteiger charge is 2.42. The van der Waals surface area contributed by atoms with E-state index in [0.29, 0.717) is 24.0 Å². The van der Waals surface area contributed by atoms with Gasteiger partial charge in [-0.15, -0.1) is 0 Å². The number of halogens is 5. The lowest BCUT2D eigenvalue weighted by Gasteiger charge is -2.21. The summed E-state index contributed by atoms with van der Waals surface area (Å²) >= 11 is 0. The van der Waals surface area contributed by atoms with Crippen LogP contribution in [-0.2, 0) is 14.5 Å². The van der Waals surface area contributed by atoms with Gasteiger partial charge in [-0.2, -0.15) is 18.1 Å². The second kappa shape index (κ2) is 19.9. The van der Waals surface area contributed by atoms with Gasteiger partial charge in [-0.3, -0.25) is 4.89 Å². The van der Waals surface area contributed by atoms with Crippen molar-refractivity contribution in [1.82, 2.24) is 0 Å². The number of benzene rings is 3. The lowest BCUT2D eigenvalue weighted by atomic mass is 9.91. The number of rotatable bonds is 20. The third kappa shape index (κ3) is 11.7. The van der Waals surface area contributed by atoms with Crippen LogP contribution in [0.2, 0.25) is 0 Å². The lowest BCUT2D eigenvalue weighted by Crippen LogP contribution is -2.34. The second-order valence-electron chi connectivity index (χ2n) is 11.9. The first-order valence-corrected chi connectivity index (χ1v) is 16.9. The molecule has 0 aliphatic carbocycles. The molecular formula is C38H45F5O5. The first-order chi connectivity index (χ1) is 23.1. The van der Waals surface area contributed by atoms with E-state index in [1.165, 1.54) is 43.9 Å².